The molecule has 4 aromatic rings. The maximum atomic E-state index is 14.1. The third-order valence-electron chi connectivity index (χ3n) is 6.43. The van der Waals surface area contributed by atoms with Crippen LogP contribution in [0.1, 0.15) is 27.8 Å². The quantitative estimate of drug-likeness (QED) is 0.202. The summed E-state index contributed by atoms with van der Waals surface area (Å²) in [6, 6.07) is 4.30. The van der Waals surface area contributed by atoms with Gasteiger partial charge in [0.2, 0.25) is 5.75 Å². The molecule has 0 unspecified atom stereocenters. The highest BCUT2D eigenvalue weighted by Crippen LogP contribution is 2.32. The van der Waals surface area contributed by atoms with E-state index in [2.05, 4.69) is 14.9 Å². The number of fused-ring (bicyclic) bond motifs is 1. The van der Waals surface area contributed by atoms with Gasteiger partial charge in [0.25, 0.3) is 0 Å². The number of ether oxygens (including phenoxy) is 1. The lowest BCUT2D eigenvalue weighted by atomic mass is 10.0. The monoisotopic (exact) mass is 616 g/mol. The second-order valence-electron chi connectivity index (χ2n) is 9.98. The van der Waals surface area contributed by atoms with Crippen LogP contribution in [0, 0.1) is 5.82 Å². The van der Waals surface area contributed by atoms with Gasteiger partial charge in [-0.15, -0.1) is 11.3 Å². The second-order valence-corrected chi connectivity index (χ2v) is 12.2. The molecule has 0 spiro atoms. The number of thiazole rings is 2. The predicted molar refractivity (Wildman–Crippen MR) is 159 cm³/mol. The van der Waals surface area contributed by atoms with Crippen molar-refractivity contribution in [2.45, 2.75) is 26.4 Å². The first-order valence-electron chi connectivity index (χ1n) is 13.2. The van der Waals surface area contributed by atoms with E-state index in [0.29, 0.717) is 41.7 Å². The molecule has 0 aliphatic rings. The number of aromatic hydroxyl groups is 1. The molecular formula is C28H33FN6O5S2. The number of carbonyl (C=O) groups is 2. The highest BCUT2D eigenvalue weighted by Gasteiger charge is 2.22. The van der Waals surface area contributed by atoms with Crippen molar-refractivity contribution < 1.29 is 23.8 Å². The molecular weight excluding hydrogens is 583 g/mol. The van der Waals surface area contributed by atoms with Crippen LogP contribution in [0.15, 0.2) is 35.4 Å². The van der Waals surface area contributed by atoms with E-state index < -0.39 is 28.9 Å². The summed E-state index contributed by atoms with van der Waals surface area (Å²) < 4.78 is 20.9. The number of benzene rings is 1. The third-order valence-corrected chi connectivity index (χ3v) is 8.41. The highest BCUT2D eigenvalue weighted by atomic mass is 32.1. The van der Waals surface area contributed by atoms with Crippen LogP contribution in [0.2, 0.25) is 0 Å². The Bertz CT molecular complexity index is 1650. The summed E-state index contributed by atoms with van der Waals surface area (Å²) in [6.07, 6.45) is 3.66. The van der Waals surface area contributed by atoms with E-state index in [0.717, 1.165) is 21.9 Å². The number of likely N-dealkylation sites (N-methyl/N-ethyl adjacent to an activating group) is 3. The number of halogens is 1. The largest absolute Gasteiger partial charge is 0.501 e. The third kappa shape index (κ3) is 7.18. The smallest absolute Gasteiger partial charge is 0.312 e. The number of amides is 2. The maximum absolute atomic E-state index is 14.1. The van der Waals surface area contributed by atoms with Crippen molar-refractivity contribution in [3.63, 3.8) is 0 Å². The molecule has 0 atom stereocenters. The zero-order valence-electron chi connectivity index (χ0n) is 24.1. The molecule has 4 rings (SSSR count). The van der Waals surface area contributed by atoms with E-state index in [9.17, 15) is 23.9 Å². The predicted octanol–water partition coefficient (Wildman–Crippen LogP) is 2.83. The first-order valence-corrected chi connectivity index (χ1v) is 14.8. The lowest BCUT2D eigenvalue weighted by Gasteiger charge is -2.20. The first-order chi connectivity index (χ1) is 20.0. The molecule has 0 saturated heterocycles. The van der Waals surface area contributed by atoms with Crippen molar-refractivity contribution in [2.24, 2.45) is 0 Å². The van der Waals surface area contributed by atoms with E-state index >= 15 is 0 Å². The zero-order chi connectivity index (χ0) is 30.6. The van der Waals surface area contributed by atoms with E-state index in [-0.39, 0.29) is 12.2 Å². The van der Waals surface area contributed by atoms with Gasteiger partial charge < -0.3 is 19.6 Å². The van der Waals surface area contributed by atoms with Gasteiger partial charge in [-0.2, -0.15) is 0 Å². The van der Waals surface area contributed by atoms with Crippen LogP contribution in [0.25, 0.3) is 15.7 Å². The van der Waals surface area contributed by atoms with E-state index in [1.807, 2.05) is 14.0 Å². The Morgan fingerprint density at radius 3 is 2.55 bits per heavy atom. The van der Waals surface area contributed by atoms with Crippen molar-refractivity contribution in [3.8, 4) is 16.5 Å². The van der Waals surface area contributed by atoms with Gasteiger partial charge in [0.05, 0.1) is 6.61 Å². The number of hydrogen-bond acceptors (Lipinski definition) is 10. The molecule has 1 aromatic carbocycles. The summed E-state index contributed by atoms with van der Waals surface area (Å²) in [5.74, 6) is -2.32. The van der Waals surface area contributed by atoms with Gasteiger partial charge in [0.15, 0.2) is 4.96 Å². The number of rotatable bonds is 11. The molecule has 3 heterocycles. The fraction of sp³-hybridized carbons (Fsp3) is 0.393. The van der Waals surface area contributed by atoms with Gasteiger partial charge in [-0.25, -0.2) is 14.4 Å². The molecule has 2 amide bonds. The van der Waals surface area contributed by atoms with Crippen LogP contribution in [0.4, 0.5) is 4.39 Å². The highest BCUT2D eigenvalue weighted by molar-refractivity contribution is 7.17. The second kappa shape index (κ2) is 13.5. The Hall–Kier alpha value is -3.72. The Morgan fingerprint density at radius 1 is 1.07 bits per heavy atom. The standard InChI is InChI=1S/C28H33FN6O5S2/c1-6-40-10-9-33(4)15-21-16-35-25(37)23(36)22(31-28(35)42-21)24-30-13-20(41-24)12-17-7-8-19(29)11-18(17)14-34(5)27(39)26(38)32(2)3/h7-8,11,13,16,36H,6,9-10,12,14-15H2,1-5H3. The Kier molecular flexibility index (Phi) is 10.0. The van der Waals surface area contributed by atoms with Crippen molar-refractivity contribution in [2.75, 3.05) is 47.9 Å². The SMILES string of the molecule is CCOCCN(C)Cc1cn2c(=O)c(O)c(-c3ncc(Cc4ccc(F)cc4CN(C)C(=O)C(=O)N(C)C)s3)nc2s1. The molecule has 224 valence electrons. The van der Waals surface area contributed by atoms with Gasteiger partial charge in [-0.3, -0.25) is 23.7 Å². The van der Waals surface area contributed by atoms with E-state index in [4.69, 9.17) is 4.74 Å². The van der Waals surface area contributed by atoms with Gasteiger partial charge in [0, 0.05) is 76.0 Å². The number of carbonyl (C=O) groups excluding carboxylic acids is 2. The minimum absolute atomic E-state index is 0.0362. The van der Waals surface area contributed by atoms with Crippen LogP contribution < -0.4 is 5.56 Å². The Balaban J connectivity index is 1.55. The maximum Gasteiger partial charge on any atom is 0.312 e. The molecule has 42 heavy (non-hydrogen) atoms. The summed E-state index contributed by atoms with van der Waals surface area (Å²) >= 11 is 2.61. The number of hydrogen-bond donors (Lipinski definition) is 1. The molecule has 0 aliphatic carbocycles. The summed E-state index contributed by atoms with van der Waals surface area (Å²) in [7, 11) is 6.43. The van der Waals surface area contributed by atoms with Crippen LogP contribution in [-0.2, 0) is 33.8 Å². The molecule has 0 saturated carbocycles. The first kappa shape index (κ1) is 31.2. The van der Waals surface area contributed by atoms with Gasteiger partial charge in [-0.1, -0.05) is 17.4 Å². The van der Waals surface area contributed by atoms with Crippen LogP contribution in [-0.4, -0.2) is 93.9 Å². The molecule has 1 N–H and O–H groups in total. The summed E-state index contributed by atoms with van der Waals surface area (Å²) in [4.78, 5) is 53.1. The van der Waals surface area contributed by atoms with E-state index in [1.165, 1.54) is 70.1 Å². The van der Waals surface area contributed by atoms with E-state index in [1.54, 1.807) is 18.5 Å². The van der Waals surface area contributed by atoms with Crippen molar-refractivity contribution in [3.05, 3.63) is 67.6 Å². The number of aromatic nitrogens is 3. The molecule has 0 radical (unpaired) electrons. The fourth-order valence-corrected chi connectivity index (χ4v) is 6.17. The molecule has 11 nitrogen and oxygen atoms in total. The minimum atomic E-state index is -0.701. The van der Waals surface area contributed by atoms with Gasteiger partial charge >= 0.3 is 17.4 Å². The normalized spacial score (nSPS) is 11.4. The minimum Gasteiger partial charge on any atom is -0.501 e. The molecule has 0 aliphatic heterocycles. The molecule has 0 fully saturated rings. The van der Waals surface area contributed by atoms with Crippen LogP contribution in [0.5, 0.6) is 5.75 Å². The lowest BCUT2D eigenvalue weighted by Crippen LogP contribution is -2.40. The summed E-state index contributed by atoms with van der Waals surface area (Å²) in [5, 5.41) is 11.1. The Morgan fingerprint density at radius 2 is 1.83 bits per heavy atom. The Labute approximate surface area is 250 Å². The number of nitrogens with zero attached hydrogens (tertiary/aromatic N) is 6. The van der Waals surface area contributed by atoms with Gasteiger partial charge in [-0.05, 0) is 37.2 Å². The lowest BCUT2D eigenvalue weighted by molar-refractivity contribution is -0.149. The fourth-order valence-electron chi connectivity index (χ4n) is 4.19. The molecule has 0 bridgehead atoms. The molecule has 3 aromatic heterocycles. The van der Waals surface area contributed by atoms with Crippen molar-refractivity contribution in [1.82, 2.24) is 29.1 Å². The van der Waals surface area contributed by atoms with Crippen molar-refractivity contribution >= 4 is 39.4 Å². The van der Waals surface area contributed by atoms with Crippen LogP contribution >= 0.6 is 22.7 Å². The van der Waals surface area contributed by atoms with Gasteiger partial charge in [0.1, 0.15) is 16.5 Å². The molecule has 14 heteroatoms. The summed E-state index contributed by atoms with van der Waals surface area (Å²) in [5.41, 5.74) is 0.811. The van der Waals surface area contributed by atoms with Crippen molar-refractivity contribution in [1.29, 1.82) is 0 Å². The average molecular weight is 617 g/mol. The average Bonchev–Trinajstić information content (AvgIpc) is 3.58. The zero-order valence-corrected chi connectivity index (χ0v) is 25.7. The van der Waals surface area contributed by atoms with Crippen LogP contribution in [0.3, 0.4) is 0 Å². The topological polar surface area (TPSA) is 121 Å². The summed E-state index contributed by atoms with van der Waals surface area (Å²) in [6.45, 7) is 4.58.